The first-order valence-corrected chi connectivity index (χ1v) is 3.50. The fourth-order valence-corrected chi connectivity index (χ4v) is 1.33. The highest BCUT2D eigenvalue weighted by Crippen LogP contribution is 2.36. The number of nitrogens with zero attached hydrogens (tertiary/aromatic N) is 1. The lowest BCUT2D eigenvalue weighted by Gasteiger charge is -2.39. The first-order chi connectivity index (χ1) is 5.62. The molecule has 4 heteroatoms. The molecule has 1 amide bonds. The van der Waals surface area contributed by atoms with Gasteiger partial charge in [-0.05, 0) is 12.8 Å². The molecule has 1 aliphatic carbocycles. The van der Waals surface area contributed by atoms with Crippen LogP contribution in [0.4, 0.5) is 4.79 Å². The van der Waals surface area contributed by atoms with Crippen LogP contribution in [0.1, 0.15) is 12.8 Å². The van der Waals surface area contributed by atoms with E-state index in [1.54, 1.807) is 0 Å². The van der Waals surface area contributed by atoms with E-state index in [4.69, 9.17) is 16.8 Å². The second kappa shape index (κ2) is 2.75. The maximum absolute atomic E-state index is 10.2. The van der Waals surface area contributed by atoms with Crippen molar-refractivity contribution in [3.8, 4) is 18.4 Å². The van der Waals surface area contributed by atoms with Gasteiger partial charge in [-0.15, -0.1) is 12.3 Å². The van der Waals surface area contributed by atoms with E-state index in [-0.39, 0.29) is 5.92 Å². The molecule has 0 radical (unpaired) electrons. The van der Waals surface area contributed by atoms with Crippen molar-refractivity contribution in [3.05, 3.63) is 0 Å². The van der Waals surface area contributed by atoms with Gasteiger partial charge in [0.25, 0.3) is 0 Å². The van der Waals surface area contributed by atoms with Crippen LogP contribution in [0.5, 0.6) is 0 Å². The second-order valence-corrected chi connectivity index (χ2v) is 2.90. The van der Waals surface area contributed by atoms with E-state index in [0.717, 1.165) is 0 Å². The Balaban J connectivity index is 2.56. The Morgan fingerprint density at radius 3 is 2.67 bits per heavy atom. The summed E-state index contributed by atoms with van der Waals surface area (Å²) >= 11 is 0. The predicted octanol–water partition coefficient (Wildman–Crippen LogP) is 0.560. The van der Waals surface area contributed by atoms with E-state index in [9.17, 15) is 4.79 Å². The molecule has 4 nitrogen and oxygen atoms in total. The monoisotopic (exact) mass is 164 g/mol. The number of amides is 1. The summed E-state index contributed by atoms with van der Waals surface area (Å²) in [4.78, 5) is 10.2. The molecule has 0 saturated heterocycles. The van der Waals surface area contributed by atoms with Crippen molar-refractivity contribution >= 4 is 6.09 Å². The number of terminal acetylenes is 1. The first-order valence-electron chi connectivity index (χ1n) is 3.50. The normalized spacial score (nSPS) is 32.3. The van der Waals surface area contributed by atoms with Crippen molar-refractivity contribution < 1.29 is 9.90 Å². The second-order valence-electron chi connectivity index (χ2n) is 2.90. The molecule has 0 atom stereocenters. The molecule has 0 aromatic rings. The maximum atomic E-state index is 10.2. The third kappa shape index (κ3) is 1.33. The number of carbonyl (C=O) groups is 1. The van der Waals surface area contributed by atoms with Crippen molar-refractivity contribution in [1.82, 2.24) is 5.32 Å². The summed E-state index contributed by atoms with van der Waals surface area (Å²) in [7, 11) is 0. The molecule has 0 bridgehead atoms. The summed E-state index contributed by atoms with van der Waals surface area (Å²) in [5.74, 6) is 2.52. The standard InChI is InChI=1S/C8H8N2O2/c1-2-6-3-8(4-6,5-9)10-7(11)12/h1,6,10H,3-4H2,(H,11,12). The van der Waals surface area contributed by atoms with Crippen LogP contribution >= 0.6 is 0 Å². The Hall–Kier alpha value is -1.68. The van der Waals surface area contributed by atoms with Crippen LogP contribution < -0.4 is 5.32 Å². The van der Waals surface area contributed by atoms with E-state index in [1.807, 2.05) is 6.07 Å². The molecule has 1 aliphatic rings. The van der Waals surface area contributed by atoms with Gasteiger partial charge in [-0.3, -0.25) is 0 Å². The van der Waals surface area contributed by atoms with Crippen LogP contribution in [-0.2, 0) is 0 Å². The fraction of sp³-hybridized carbons (Fsp3) is 0.500. The minimum absolute atomic E-state index is 0.0384. The van der Waals surface area contributed by atoms with Gasteiger partial charge < -0.3 is 10.4 Å². The smallest absolute Gasteiger partial charge is 0.405 e. The average molecular weight is 164 g/mol. The molecule has 0 heterocycles. The molecule has 12 heavy (non-hydrogen) atoms. The lowest BCUT2D eigenvalue weighted by Crippen LogP contribution is -2.55. The third-order valence-corrected chi connectivity index (χ3v) is 1.99. The van der Waals surface area contributed by atoms with E-state index >= 15 is 0 Å². The predicted molar refractivity (Wildman–Crippen MR) is 41.1 cm³/mol. The molecule has 62 valence electrons. The van der Waals surface area contributed by atoms with Gasteiger partial charge in [-0.2, -0.15) is 5.26 Å². The molecular formula is C8H8N2O2. The van der Waals surface area contributed by atoms with Crippen molar-refractivity contribution in [2.45, 2.75) is 18.4 Å². The van der Waals surface area contributed by atoms with E-state index in [2.05, 4.69) is 11.2 Å². The number of nitrogens with one attached hydrogen (secondary N) is 1. The summed E-state index contributed by atoms with van der Waals surface area (Å²) in [6.45, 7) is 0. The van der Waals surface area contributed by atoms with Crippen molar-refractivity contribution in [2.24, 2.45) is 5.92 Å². The Morgan fingerprint density at radius 2 is 2.33 bits per heavy atom. The zero-order valence-electron chi connectivity index (χ0n) is 6.37. The zero-order chi connectivity index (χ0) is 9.19. The minimum Gasteiger partial charge on any atom is -0.465 e. The molecule has 2 N–H and O–H groups in total. The van der Waals surface area contributed by atoms with Crippen LogP contribution in [0.15, 0.2) is 0 Å². The van der Waals surface area contributed by atoms with Crippen LogP contribution in [0.2, 0.25) is 0 Å². The quantitative estimate of drug-likeness (QED) is 0.556. The third-order valence-electron chi connectivity index (χ3n) is 1.99. The molecule has 0 aromatic carbocycles. The van der Waals surface area contributed by atoms with Crippen LogP contribution in [0.3, 0.4) is 0 Å². The van der Waals surface area contributed by atoms with Crippen LogP contribution in [0, 0.1) is 29.6 Å². The Morgan fingerprint density at radius 1 is 1.75 bits per heavy atom. The maximum Gasteiger partial charge on any atom is 0.405 e. The van der Waals surface area contributed by atoms with Gasteiger partial charge in [0.2, 0.25) is 0 Å². The molecule has 1 fully saturated rings. The van der Waals surface area contributed by atoms with E-state index < -0.39 is 11.6 Å². The molecule has 0 aromatic heterocycles. The number of hydrogen-bond donors (Lipinski definition) is 2. The van der Waals surface area contributed by atoms with Gasteiger partial charge in [0.15, 0.2) is 0 Å². The van der Waals surface area contributed by atoms with Crippen molar-refractivity contribution in [3.63, 3.8) is 0 Å². The van der Waals surface area contributed by atoms with Gasteiger partial charge in [0, 0.05) is 5.92 Å². The first kappa shape index (κ1) is 8.42. The van der Waals surface area contributed by atoms with Gasteiger partial charge >= 0.3 is 6.09 Å². The highest BCUT2D eigenvalue weighted by Gasteiger charge is 2.45. The van der Waals surface area contributed by atoms with Crippen LogP contribution in [0.25, 0.3) is 0 Å². The number of carboxylic acid groups (broad SMARTS) is 1. The van der Waals surface area contributed by atoms with Crippen LogP contribution in [-0.4, -0.2) is 16.7 Å². The summed E-state index contributed by atoms with van der Waals surface area (Å²) < 4.78 is 0. The molecule has 0 unspecified atom stereocenters. The molecular weight excluding hydrogens is 156 g/mol. The topological polar surface area (TPSA) is 73.1 Å². The molecule has 1 rings (SSSR count). The van der Waals surface area contributed by atoms with E-state index in [0.29, 0.717) is 12.8 Å². The summed E-state index contributed by atoms with van der Waals surface area (Å²) in [5, 5.41) is 19.2. The minimum atomic E-state index is -1.17. The Labute approximate surface area is 70.2 Å². The SMILES string of the molecule is C#CC1CC(C#N)(NC(=O)O)C1. The number of nitriles is 1. The molecule has 1 saturated carbocycles. The van der Waals surface area contributed by atoms with Gasteiger partial charge in [0.1, 0.15) is 5.54 Å². The number of rotatable bonds is 1. The Kier molecular flexibility index (Phi) is 1.93. The summed E-state index contributed by atoms with van der Waals surface area (Å²) in [6, 6.07) is 1.92. The van der Waals surface area contributed by atoms with E-state index in [1.165, 1.54) is 0 Å². The summed E-state index contributed by atoms with van der Waals surface area (Å²) in [6.07, 6.45) is 4.78. The fourth-order valence-electron chi connectivity index (χ4n) is 1.33. The number of hydrogen-bond acceptors (Lipinski definition) is 2. The average Bonchev–Trinajstić information content (AvgIpc) is 1.95. The van der Waals surface area contributed by atoms with Gasteiger partial charge in [-0.1, -0.05) is 0 Å². The molecule has 0 aliphatic heterocycles. The lowest BCUT2D eigenvalue weighted by atomic mass is 9.69. The van der Waals surface area contributed by atoms with Gasteiger partial charge in [-0.25, -0.2) is 4.79 Å². The highest BCUT2D eigenvalue weighted by molar-refractivity contribution is 5.66. The zero-order valence-corrected chi connectivity index (χ0v) is 6.37. The largest absolute Gasteiger partial charge is 0.465 e. The van der Waals surface area contributed by atoms with Crippen molar-refractivity contribution in [2.75, 3.05) is 0 Å². The summed E-state index contributed by atoms with van der Waals surface area (Å²) in [5.41, 5.74) is -0.928. The highest BCUT2D eigenvalue weighted by atomic mass is 16.4. The van der Waals surface area contributed by atoms with Crippen molar-refractivity contribution in [1.29, 1.82) is 5.26 Å². The van der Waals surface area contributed by atoms with Gasteiger partial charge in [0.05, 0.1) is 6.07 Å². The lowest BCUT2D eigenvalue weighted by molar-refractivity contribution is 0.154. The molecule has 0 spiro atoms. The Bertz CT molecular complexity index is 278.